The van der Waals surface area contributed by atoms with Gasteiger partial charge < -0.3 is 9.55 Å². The molecule has 0 aliphatic carbocycles. The highest BCUT2D eigenvalue weighted by Gasteiger charge is 2.14. The smallest absolute Gasteiger partial charge is 0.0544 e. The van der Waals surface area contributed by atoms with E-state index in [0.717, 1.165) is 9.99 Å². The maximum Gasteiger partial charge on any atom is 0.0544 e. The van der Waals surface area contributed by atoms with E-state index in [-0.39, 0.29) is 0 Å². The number of aromatic amines is 1. The van der Waals surface area contributed by atoms with Crippen LogP contribution in [0.4, 0.5) is 0 Å². The largest absolute Gasteiger partial charge is 0.354 e. The maximum absolute atomic E-state index is 3.69. The van der Waals surface area contributed by atoms with Gasteiger partial charge in [0.15, 0.2) is 0 Å². The SMILES string of the molecule is Brc1cccc(-c2cccc3c2[nH]c2ccc(-n4c5ccccc5c5ccccc54)cc23)c1. The lowest BCUT2D eigenvalue weighted by molar-refractivity contribution is 1.19. The molecule has 0 saturated carbocycles. The first kappa shape index (κ1) is 18.7. The van der Waals surface area contributed by atoms with E-state index in [1.165, 1.54) is 54.9 Å². The molecule has 0 radical (unpaired) electrons. The van der Waals surface area contributed by atoms with E-state index in [0.29, 0.717) is 0 Å². The second-order valence-corrected chi connectivity index (χ2v) is 9.38. The molecule has 7 rings (SSSR count). The Bertz CT molecular complexity index is 1780. The molecule has 0 unspecified atom stereocenters. The highest BCUT2D eigenvalue weighted by molar-refractivity contribution is 9.10. The van der Waals surface area contributed by atoms with Gasteiger partial charge in [0.25, 0.3) is 0 Å². The van der Waals surface area contributed by atoms with E-state index < -0.39 is 0 Å². The first-order chi connectivity index (χ1) is 16.3. The minimum Gasteiger partial charge on any atom is -0.354 e. The summed E-state index contributed by atoms with van der Waals surface area (Å²) in [5.41, 5.74) is 8.36. The van der Waals surface area contributed by atoms with Gasteiger partial charge in [-0.25, -0.2) is 0 Å². The number of nitrogens with one attached hydrogen (secondary N) is 1. The molecule has 0 aliphatic heterocycles. The van der Waals surface area contributed by atoms with Crippen molar-refractivity contribution >= 4 is 59.5 Å². The molecule has 5 aromatic carbocycles. The minimum absolute atomic E-state index is 1.08. The number of hydrogen-bond donors (Lipinski definition) is 1. The monoisotopic (exact) mass is 486 g/mol. The van der Waals surface area contributed by atoms with Gasteiger partial charge >= 0.3 is 0 Å². The fourth-order valence-electron chi connectivity index (χ4n) is 5.15. The quantitative estimate of drug-likeness (QED) is 0.252. The van der Waals surface area contributed by atoms with Crippen molar-refractivity contribution in [2.24, 2.45) is 0 Å². The molecule has 1 N–H and O–H groups in total. The molecule has 2 nitrogen and oxygen atoms in total. The summed E-state index contributed by atoms with van der Waals surface area (Å²) < 4.78 is 3.46. The van der Waals surface area contributed by atoms with Gasteiger partial charge in [-0.1, -0.05) is 82.7 Å². The minimum atomic E-state index is 1.08. The zero-order valence-electron chi connectivity index (χ0n) is 17.7. The van der Waals surface area contributed by atoms with Crippen LogP contribution >= 0.6 is 15.9 Å². The molecule has 0 saturated heterocycles. The van der Waals surface area contributed by atoms with Crippen LogP contribution in [0.1, 0.15) is 0 Å². The van der Waals surface area contributed by atoms with Gasteiger partial charge in [-0.2, -0.15) is 0 Å². The Labute approximate surface area is 199 Å². The lowest BCUT2D eigenvalue weighted by Crippen LogP contribution is -1.93. The molecule has 156 valence electrons. The van der Waals surface area contributed by atoms with Crippen LogP contribution in [0.3, 0.4) is 0 Å². The third-order valence-electron chi connectivity index (χ3n) is 6.59. The van der Waals surface area contributed by atoms with Crippen LogP contribution in [0.5, 0.6) is 0 Å². The summed E-state index contributed by atoms with van der Waals surface area (Å²) in [5.74, 6) is 0. The number of rotatable bonds is 2. The summed E-state index contributed by atoms with van der Waals surface area (Å²) in [7, 11) is 0. The van der Waals surface area contributed by atoms with Gasteiger partial charge in [-0.15, -0.1) is 0 Å². The molecular formula is C30H19BrN2. The first-order valence-corrected chi connectivity index (χ1v) is 11.9. The van der Waals surface area contributed by atoms with Crippen molar-refractivity contribution in [3.8, 4) is 16.8 Å². The van der Waals surface area contributed by atoms with Gasteiger partial charge in [0.1, 0.15) is 0 Å². The van der Waals surface area contributed by atoms with Crippen molar-refractivity contribution in [1.82, 2.24) is 9.55 Å². The standard InChI is InChI=1S/C30H19BrN2/c31-20-8-5-7-19(17-20)22-11-6-12-25-26-18-21(15-16-27(26)32-30(22)25)33-28-13-3-1-9-23(28)24-10-2-4-14-29(24)33/h1-18,32H. The van der Waals surface area contributed by atoms with E-state index in [2.05, 4.69) is 135 Å². The third kappa shape index (κ3) is 2.79. The molecule has 33 heavy (non-hydrogen) atoms. The van der Waals surface area contributed by atoms with Crippen LogP contribution in [0.15, 0.2) is 114 Å². The van der Waals surface area contributed by atoms with E-state index in [1.54, 1.807) is 0 Å². The fourth-order valence-corrected chi connectivity index (χ4v) is 5.55. The number of nitrogens with zero attached hydrogens (tertiary/aromatic N) is 1. The number of para-hydroxylation sites is 3. The zero-order chi connectivity index (χ0) is 21.9. The Morgan fingerprint density at radius 2 is 1.27 bits per heavy atom. The van der Waals surface area contributed by atoms with Gasteiger partial charge in [0, 0.05) is 42.8 Å². The average molecular weight is 487 g/mol. The van der Waals surface area contributed by atoms with Crippen molar-refractivity contribution in [1.29, 1.82) is 0 Å². The molecule has 2 heterocycles. The Balaban J connectivity index is 1.52. The van der Waals surface area contributed by atoms with Crippen LogP contribution in [0.25, 0.3) is 60.4 Å². The molecule has 3 heteroatoms. The van der Waals surface area contributed by atoms with Crippen LogP contribution in [0, 0.1) is 0 Å². The molecule has 0 bridgehead atoms. The highest BCUT2D eigenvalue weighted by atomic mass is 79.9. The molecule has 2 aromatic heterocycles. The van der Waals surface area contributed by atoms with Crippen molar-refractivity contribution in [2.45, 2.75) is 0 Å². The summed E-state index contributed by atoms with van der Waals surface area (Å²) in [6, 6.07) is 39.1. The summed E-state index contributed by atoms with van der Waals surface area (Å²) in [6.45, 7) is 0. The topological polar surface area (TPSA) is 20.7 Å². The van der Waals surface area contributed by atoms with Gasteiger partial charge in [-0.05, 0) is 48.0 Å². The molecule has 0 fully saturated rings. The number of halogens is 1. The summed E-state index contributed by atoms with van der Waals surface area (Å²) >= 11 is 3.62. The number of H-pyrrole nitrogens is 1. The normalized spacial score (nSPS) is 11.8. The van der Waals surface area contributed by atoms with Crippen LogP contribution in [-0.2, 0) is 0 Å². The molecule has 0 atom stereocenters. The van der Waals surface area contributed by atoms with Crippen molar-refractivity contribution < 1.29 is 0 Å². The Morgan fingerprint density at radius 1 is 0.576 bits per heavy atom. The number of hydrogen-bond acceptors (Lipinski definition) is 0. The van der Waals surface area contributed by atoms with Gasteiger partial charge in [-0.3, -0.25) is 0 Å². The average Bonchev–Trinajstić information content (AvgIpc) is 3.39. The predicted octanol–water partition coefficient (Wildman–Crippen LogP) is 8.85. The molecule has 0 aliphatic rings. The van der Waals surface area contributed by atoms with Crippen LogP contribution in [0.2, 0.25) is 0 Å². The summed E-state index contributed by atoms with van der Waals surface area (Å²) in [4.78, 5) is 3.69. The Hall–Kier alpha value is -3.82. The van der Waals surface area contributed by atoms with E-state index in [4.69, 9.17) is 0 Å². The van der Waals surface area contributed by atoms with E-state index in [1.807, 2.05) is 0 Å². The molecule has 0 spiro atoms. The lowest BCUT2D eigenvalue weighted by Gasteiger charge is -2.08. The maximum atomic E-state index is 3.69. The Kier molecular flexibility index (Phi) is 4.02. The Morgan fingerprint density at radius 3 is 2.03 bits per heavy atom. The second kappa shape index (κ2) is 7.09. The molecular weight excluding hydrogens is 468 g/mol. The van der Waals surface area contributed by atoms with Crippen molar-refractivity contribution in [3.05, 3.63) is 114 Å². The zero-order valence-corrected chi connectivity index (χ0v) is 19.3. The van der Waals surface area contributed by atoms with E-state index in [9.17, 15) is 0 Å². The highest BCUT2D eigenvalue weighted by Crippen LogP contribution is 2.37. The first-order valence-electron chi connectivity index (χ1n) is 11.1. The van der Waals surface area contributed by atoms with Crippen molar-refractivity contribution in [2.75, 3.05) is 0 Å². The second-order valence-electron chi connectivity index (χ2n) is 8.46. The molecule has 0 amide bonds. The number of benzene rings is 5. The summed E-state index contributed by atoms with van der Waals surface area (Å²) in [5, 5.41) is 5.04. The van der Waals surface area contributed by atoms with Gasteiger partial charge in [0.05, 0.1) is 16.6 Å². The van der Waals surface area contributed by atoms with Crippen LogP contribution in [-0.4, -0.2) is 9.55 Å². The predicted molar refractivity (Wildman–Crippen MR) is 143 cm³/mol. The molecule has 7 aromatic rings. The number of aromatic nitrogens is 2. The van der Waals surface area contributed by atoms with Crippen molar-refractivity contribution in [3.63, 3.8) is 0 Å². The number of fused-ring (bicyclic) bond motifs is 6. The van der Waals surface area contributed by atoms with E-state index >= 15 is 0 Å². The lowest BCUT2D eigenvalue weighted by atomic mass is 10.0. The fraction of sp³-hybridized carbons (Fsp3) is 0. The van der Waals surface area contributed by atoms with Gasteiger partial charge in [0.2, 0.25) is 0 Å². The third-order valence-corrected chi connectivity index (χ3v) is 7.08. The van der Waals surface area contributed by atoms with Crippen LogP contribution < -0.4 is 0 Å². The summed E-state index contributed by atoms with van der Waals surface area (Å²) in [6.07, 6.45) is 0.